The van der Waals surface area contributed by atoms with Gasteiger partial charge < -0.3 is 15.5 Å². The van der Waals surface area contributed by atoms with Crippen molar-refractivity contribution in [2.75, 3.05) is 26.0 Å². The number of amides is 1. The molecular formula is C24H30F3N3O. The molecule has 2 aromatic rings. The maximum atomic E-state index is 12.7. The molecule has 2 atom stereocenters. The van der Waals surface area contributed by atoms with Crippen LogP contribution in [0.25, 0.3) is 0 Å². The minimum atomic E-state index is -4.42. The summed E-state index contributed by atoms with van der Waals surface area (Å²) in [5, 5.41) is 6.54. The molecular weight excluding hydrogens is 403 g/mol. The molecule has 2 N–H and O–H groups in total. The Balaban J connectivity index is 1.70. The number of hydrogen-bond donors (Lipinski definition) is 2. The standard InChI is InChI=1S/C24H30F3N3O/c1-16(13-14-30(2)3)28-22-6-4-5-17-9-12-20(15-21(17)22)29-23(31)18-7-10-19(11-8-18)24(25,26)27/h7-12,15-16,22,28H,4-6,13-14H2,1-3H3,(H,29,31). The topological polar surface area (TPSA) is 44.4 Å². The van der Waals surface area contributed by atoms with Gasteiger partial charge >= 0.3 is 6.18 Å². The third kappa shape index (κ3) is 6.31. The number of aryl methyl sites for hydroxylation is 1. The molecule has 0 saturated carbocycles. The Morgan fingerprint density at radius 1 is 1.16 bits per heavy atom. The van der Waals surface area contributed by atoms with Crippen molar-refractivity contribution in [2.24, 2.45) is 0 Å². The normalized spacial score (nSPS) is 17.3. The molecule has 3 rings (SSSR count). The van der Waals surface area contributed by atoms with Gasteiger partial charge in [-0.05, 0) is 101 Å². The Morgan fingerprint density at radius 2 is 1.87 bits per heavy atom. The Labute approximate surface area is 181 Å². The van der Waals surface area contributed by atoms with Gasteiger partial charge in [0.15, 0.2) is 0 Å². The lowest BCUT2D eigenvalue weighted by Crippen LogP contribution is -2.34. The van der Waals surface area contributed by atoms with E-state index in [1.165, 1.54) is 23.3 Å². The number of anilines is 1. The van der Waals surface area contributed by atoms with Crippen molar-refractivity contribution in [1.29, 1.82) is 0 Å². The third-order valence-corrected chi connectivity index (χ3v) is 5.69. The molecule has 1 aliphatic carbocycles. The van der Waals surface area contributed by atoms with E-state index in [1.54, 1.807) is 0 Å². The summed E-state index contributed by atoms with van der Waals surface area (Å²) in [6.07, 6.45) is -0.215. The zero-order chi connectivity index (χ0) is 22.6. The molecule has 2 aromatic carbocycles. The van der Waals surface area contributed by atoms with Crippen molar-refractivity contribution in [1.82, 2.24) is 10.2 Å². The van der Waals surface area contributed by atoms with Crippen LogP contribution in [0.1, 0.15) is 59.3 Å². The average molecular weight is 434 g/mol. The molecule has 0 fully saturated rings. The summed E-state index contributed by atoms with van der Waals surface area (Å²) in [7, 11) is 4.13. The summed E-state index contributed by atoms with van der Waals surface area (Å²) >= 11 is 0. The number of fused-ring (bicyclic) bond motifs is 1. The van der Waals surface area contributed by atoms with Crippen LogP contribution in [-0.4, -0.2) is 37.5 Å². The SMILES string of the molecule is CC(CCN(C)C)NC1CCCc2ccc(NC(=O)c3ccc(C(F)(F)F)cc3)cc21. The van der Waals surface area contributed by atoms with E-state index >= 15 is 0 Å². The molecule has 0 saturated heterocycles. The van der Waals surface area contributed by atoms with Gasteiger partial charge in [0.05, 0.1) is 5.56 Å². The predicted octanol–water partition coefficient (Wildman–Crippen LogP) is 5.26. The third-order valence-electron chi connectivity index (χ3n) is 5.69. The number of nitrogens with one attached hydrogen (secondary N) is 2. The van der Waals surface area contributed by atoms with Gasteiger partial charge in [-0.2, -0.15) is 13.2 Å². The van der Waals surface area contributed by atoms with Gasteiger partial charge in [0.1, 0.15) is 0 Å². The summed E-state index contributed by atoms with van der Waals surface area (Å²) in [6.45, 7) is 3.20. The highest BCUT2D eigenvalue weighted by atomic mass is 19.4. The number of nitrogens with zero attached hydrogens (tertiary/aromatic N) is 1. The van der Waals surface area contributed by atoms with E-state index < -0.39 is 17.6 Å². The monoisotopic (exact) mass is 433 g/mol. The second-order valence-electron chi connectivity index (χ2n) is 8.55. The summed E-state index contributed by atoms with van der Waals surface area (Å²) in [5.41, 5.74) is 2.54. The molecule has 0 aromatic heterocycles. The van der Waals surface area contributed by atoms with Gasteiger partial charge in [-0.25, -0.2) is 0 Å². The van der Waals surface area contributed by atoms with Gasteiger partial charge in [0.25, 0.3) is 5.91 Å². The van der Waals surface area contributed by atoms with E-state index in [9.17, 15) is 18.0 Å². The Kier molecular flexibility index (Phi) is 7.38. The van der Waals surface area contributed by atoms with E-state index in [1.807, 2.05) is 18.2 Å². The number of halogens is 3. The maximum Gasteiger partial charge on any atom is 0.416 e. The summed E-state index contributed by atoms with van der Waals surface area (Å²) in [6, 6.07) is 10.7. The quantitative estimate of drug-likeness (QED) is 0.626. The first-order valence-electron chi connectivity index (χ1n) is 10.7. The van der Waals surface area contributed by atoms with Gasteiger partial charge in [0.2, 0.25) is 0 Å². The van der Waals surface area contributed by atoms with Gasteiger partial charge in [-0.15, -0.1) is 0 Å². The minimum absolute atomic E-state index is 0.192. The van der Waals surface area contributed by atoms with Crippen molar-refractivity contribution in [3.63, 3.8) is 0 Å². The van der Waals surface area contributed by atoms with E-state index in [4.69, 9.17) is 0 Å². The van der Waals surface area contributed by atoms with E-state index in [0.717, 1.165) is 44.4 Å². The molecule has 0 heterocycles. The number of carbonyl (C=O) groups is 1. The van der Waals surface area contributed by atoms with E-state index in [-0.39, 0.29) is 11.6 Å². The molecule has 0 aliphatic heterocycles. The average Bonchev–Trinajstić information content (AvgIpc) is 2.72. The van der Waals surface area contributed by atoms with Crippen LogP contribution >= 0.6 is 0 Å². The van der Waals surface area contributed by atoms with Gasteiger partial charge in [-0.3, -0.25) is 4.79 Å². The van der Waals surface area contributed by atoms with Gasteiger partial charge in [-0.1, -0.05) is 6.07 Å². The zero-order valence-corrected chi connectivity index (χ0v) is 18.2. The second-order valence-corrected chi connectivity index (χ2v) is 8.55. The van der Waals surface area contributed by atoms with Crippen LogP contribution in [0, 0.1) is 0 Å². The summed E-state index contributed by atoms with van der Waals surface area (Å²) in [5.74, 6) is -0.423. The lowest BCUT2D eigenvalue weighted by Gasteiger charge is -2.30. The van der Waals surface area contributed by atoms with E-state index in [0.29, 0.717) is 11.7 Å². The first-order chi connectivity index (χ1) is 14.6. The lowest BCUT2D eigenvalue weighted by molar-refractivity contribution is -0.137. The molecule has 1 amide bonds. The first-order valence-corrected chi connectivity index (χ1v) is 10.7. The number of alkyl halides is 3. The highest BCUT2D eigenvalue weighted by Crippen LogP contribution is 2.33. The molecule has 7 heteroatoms. The molecule has 0 radical (unpaired) electrons. The summed E-state index contributed by atoms with van der Waals surface area (Å²) in [4.78, 5) is 14.7. The Morgan fingerprint density at radius 3 is 2.52 bits per heavy atom. The van der Waals surface area contributed by atoms with Gasteiger partial charge in [0, 0.05) is 23.3 Å². The number of rotatable bonds is 7. The smallest absolute Gasteiger partial charge is 0.322 e. The number of carbonyl (C=O) groups excluding carboxylic acids is 1. The highest BCUT2D eigenvalue weighted by Gasteiger charge is 2.30. The minimum Gasteiger partial charge on any atom is -0.322 e. The summed E-state index contributed by atoms with van der Waals surface area (Å²) < 4.78 is 38.2. The van der Waals surface area contributed by atoms with Crippen LogP contribution in [-0.2, 0) is 12.6 Å². The van der Waals surface area contributed by atoms with Crippen molar-refractivity contribution in [3.8, 4) is 0 Å². The van der Waals surface area contributed by atoms with Crippen molar-refractivity contribution in [2.45, 2.75) is 50.9 Å². The number of hydrogen-bond acceptors (Lipinski definition) is 3. The second kappa shape index (κ2) is 9.83. The zero-order valence-electron chi connectivity index (χ0n) is 18.2. The van der Waals surface area contributed by atoms with Crippen LogP contribution in [0.3, 0.4) is 0 Å². The lowest BCUT2D eigenvalue weighted by atomic mass is 9.86. The molecule has 4 nitrogen and oxygen atoms in total. The van der Waals surface area contributed by atoms with Crippen LogP contribution < -0.4 is 10.6 Å². The fraction of sp³-hybridized carbons (Fsp3) is 0.458. The van der Waals surface area contributed by atoms with Crippen LogP contribution in [0.4, 0.5) is 18.9 Å². The van der Waals surface area contributed by atoms with Crippen molar-refractivity contribution < 1.29 is 18.0 Å². The van der Waals surface area contributed by atoms with Crippen LogP contribution in [0.5, 0.6) is 0 Å². The molecule has 31 heavy (non-hydrogen) atoms. The van der Waals surface area contributed by atoms with E-state index in [2.05, 4.69) is 36.6 Å². The number of benzene rings is 2. The molecule has 0 spiro atoms. The van der Waals surface area contributed by atoms with Crippen LogP contribution in [0.15, 0.2) is 42.5 Å². The Hall–Kier alpha value is -2.38. The fourth-order valence-electron chi connectivity index (χ4n) is 3.94. The first kappa shape index (κ1) is 23.3. The van der Waals surface area contributed by atoms with Crippen LogP contribution in [0.2, 0.25) is 0 Å². The molecule has 2 unspecified atom stereocenters. The molecule has 1 aliphatic rings. The van der Waals surface area contributed by atoms with Crippen molar-refractivity contribution >= 4 is 11.6 Å². The predicted molar refractivity (Wildman–Crippen MR) is 117 cm³/mol. The van der Waals surface area contributed by atoms with Crippen molar-refractivity contribution in [3.05, 3.63) is 64.7 Å². The molecule has 168 valence electrons. The Bertz CT molecular complexity index is 894. The fourth-order valence-corrected chi connectivity index (χ4v) is 3.94. The highest BCUT2D eigenvalue weighted by molar-refractivity contribution is 6.04. The molecule has 0 bridgehead atoms. The largest absolute Gasteiger partial charge is 0.416 e. The maximum absolute atomic E-state index is 12.7.